The molecule has 0 spiro atoms. The van der Waals surface area contributed by atoms with Gasteiger partial charge in [-0.2, -0.15) is 4.99 Å². The number of ether oxygens (including phenoxy) is 2. The molecule has 1 atom stereocenters. The monoisotopic (exact) mass is 463 g/mol. The predicted molar refractivity (Wildman–Crippen MR) is 124 cm³/mol. The van der Waals surface area contributed by atoms with E-state index in [-0.39, 0.29) is 11.8 Å². The maximum Gasteiger partial charge on any atom is 0.329 e. The van der Waals surface area contributed by atoms with E-state index in [1.807, 2.05) is 24.3 Å². The number of rotatable bonds is 7. The summed E-state index contributed by atoms with van der Waals surface area (Å²) in [6.45, 7) is 0. The first-order valence-electron chi connectivity index (χ1n) is 10.5. The van der Waals surface area contributed by atoms with Gasteiger partial charge in [-0.3, -0.25) is 15.0 Å². The topological polar surface area (TPSA) is 118 Å². The van der Waals surface area contributed by atoms with Crippen LogP contribution in [0.2, 0.25) is 0 Å². The first kappa shape index (κ1) is 23.0. The van der Waals surface area contributed by atoms with Crippen molar-refractivity contribution >= 4 is 23.7 Å². The zero-order valence-corrected chi connectivity index (χ0v) is 19.3. The Balaban J connectivity index is 1.76. The van der Waals surface area contributed by atoms with E-state index in [4.69, 9.17) is 9.47 Å². The van der Waals surface area contributed by atoms with Gasteiger partial charge in [0.05, 0.1) is 19.9 Å². The molecule has 4 rings (SSSR count). The number of amides is 3. The highest BCUT2D eigenvalue weighted by molar-refractivity contribution is 6.47. The summed E-state index contributed by atoms with van der Waals surface area (Å²) >= 11 is 0. The second kappa shape index (κ2) is 9.36. The van der Waals surface area contributed by atoms with Crippen molar-refractivity contribution in [3.8, 4) is 11.5 Å². The quantitative estimate of drug-likeness (QED) is 0.519. The van der Waals surface area contributed by atoms with Gasteiger partial charge < -0.3 is 19.1 Å². The van der Waals surface area contributed by atoms with Gasteiger partial charge in [0.1, 0.15) is 17.6 Å². The minimum absolute atomic E-state index is 0.123. The number of aliphatic imine (C=N–C) groups is 1. The average molecular weight is 463 g/mol. The molecule has 176 valence electrons. The number of urea groups is 1. The third-order valence-corrected chi connectivity index (χ3v) is 5.69. The van der Waals surface area contributed by atoms with Crippen LogP contribution in [0.5, 0.6) is 11.5 Å². The molecule has 0 saturated carbocycles. The average Bonchev–Trinajstić information content (AvgIpc) is 3.29. The van der Waals surface area contributed by atoms with Gasteiger partial charge >= 0.3 is 6.03 Å². The molecule has 0 radical (unpaired) electrons. The van der Waals surface area contributed by atoms with Crippen LogP contribution in [0.3, 0.4) is 0 Å². The molecule has 1 aliphatic heterocycles. The van der Waals surface area contributed by atoms with E-state index in [1.54, 1.807) is 50.1 Å². The van der Waals surface area contributed by atoms with Gasteiger partial charge in [0, 0.05) is 26.2 Å². The molecular formula is C24H25N5O5. The Hall–Kier alpha value is -4.18. The Labute approximate surface area is 196 Å². The predicted octanol–water partition coefficient (Wildman–Crippen LogP) is 2.32. The number of hydrogen-bond acceptors (Lipinski definition) is 7. The highest BCUT2D eigenvalue weighted by Crippen LogP contribution is 2.30. The number of imidazole rings is 1. The van der Waals surface area contributed by atoms with Crippen LogP contribution in [-0.4, -0.2) is 58.6 Å². The third-order valence-electron chi connectivity index (χ3n) is 5.69. The summed E-state index contributed by atoms with van der Waals surface area (Å²) in [5.41, 5.74) is 2.70. The molecule has 2 N–H and O–H groups in total. The van der Waals surface area contributed by atoms with Crippen LogP contribution in [0.1, 0.15) is 28.6 Å². The van der Waals surface area contributed by atoms with Crippen LogP contribution < -0.4 is 14.8 Å². The van der Waals surface area contributed by atoms with Crippen LogP contribution in [0, 0.1) is 0 Å². The molecule has 10 heteroatoms. The number of aromatic nitrogens is 2. The largest absolute Gasteiger partial charge is 0.497 e. The molecule has 0 aliphatic carbocycles. The fourth-order valence-corrected chi connectivity index (χ4v) is 3.61. The van der Waals surface area contributed by atoms with E-state index in [0.717, 1.165) is 16.2 Å². The molecule has 0 bridgehead atoms. The number of hydrogen-bond donors (Lipinski definition) is 2. The molecule has 1 fully saturated rings. The second-order valence-electron chi connectivity index (χ2n) is 7.76. The molecule has 3 amide bonds. The van der Waals surface area contributed by atoms with Gasteiger partial charge in [-0.25, -0.2) is 9.78 Å². The molecule has 3 aromatic rings. The Morgan fingerprint density at radius 2 is 1.59 bits per heavy atom. The van der Waals surface area contributed by atoms with Crippen molar-refractivity contribution < 1.29 is 24.2 Å². The van der Waals surface area contributed by atoms with E-state index in [0.29, 0.717) is 29.1 Å². The van der Waals surface area contributed by atoms with Crippen LogP contribution in [-0.2, 0) is 18.3 Å². The Kier molecular flexibility index (Phi) is 6.33. The minimum Gasteiger partial charge on any atom is -0.497 e. The normalized spacial score (nSPS) is 15.6. The summed E-state index contributed by atoms with van der Waals surface area (Å²) < 4.78 is 12.1. The fourth-order valence-electron chi connectivity index (χ4n) is 3.61. The number of methoxy groups -OCH3 is 2. The number of amidine groups is 1. The molecule has 0 unspecified atom stereocenters. The summed E-state index contributed by atoms with van der Waals surface area (Å²) in [7, 11) is 6.29. The van der Waals surface area contributed by atoms with Crippen molar-refractivity contribution in [3.05, 3.63) is 71.0 Å². The van der Waals surface area contributed by atoms with E-state index < -0.39 is 18.0 Å². The number of likely N-dealkylation sites (N-methyl/N-ethyl adjacent to an activating group) is 1. The lowest BCUT2D eigenvalue weighted by molar-refractivity contribution is -0.119. The van der Waals surface area contributed by atoms with Crippen molar-refractivity contribution in [1.82, 2.24) is 19.8 Å². The highest BCUT2D eigenvalue weighted by atomic mass is 16.5. The Bertz CT molecular complexity index is 1250. The summed E-state index contributed by atoms with van der Waals surface area (Å²) in [5, 5.41) is 13.6. The second-order valence-corrected chi connectivity index (χ2v) is 7.76. The van der Waals surface area contributed by atoms with Crippen LogP contribution in [0.25, 0.3) is 0 Å². The highest BCUT2D eigenvalue weighted by Gasteiger charge is 2.33. The van der Waals surface area contributed by atoms with Gasteiger partial charge in [-0.1, -0.05) is 24.3 Å². The lowest BCUT2D eigenvalue weighted by Gasteiger charge is -2.13. The van der Waals surface area contributed by atoms with Crippen LogP contribution in [0.15, 0.2) is 53.5 Å². The zero-order valence-electron chi connectivity index (χ0n) is 19.3. The maximum atomic E-state index is 12.3. The third kappa shape index (κ3) is 4.35. The SMILES string of the molecule is COc1ccc(Cc2c([C@H](O)c3ccc(OC)cc3)nc(N=C3NC(=O)N(C)C3=O)n2C)cc1. The summed E-state index contributed by atoms with van der Waals surface area (Å²) in [4.78, 5) is 33.9. The molecule has 1 aromatic heterocycles. The molecule has 2 heterocycles. The van der Waals surface area contributed by atoms with Crippen LogP contribution >= 0.6 is 0 Å². The van der Waals surface area contributed by atoms with Crippen molar-refractivity contribution in [3.63, 3.8) is 0 Å². The van der Waals surface area contributed by atoms with Gasteiger partial charge in [0.2, 0.25) is 11.8 Å². The number of carbonyl (C=O) groups excluding carboxylic acids is 2. The standard InChI is InChI=1S/C24H25N5O5/c1-28-18(13-14-5-9-16(33-3)10-6-14)19(20(30)15-7-11-17(34-4)12-8-15)25-23(28)26-21-22(31)29(2)24(32)27-21/h5-12,20,30H,13H2,1-4H3,(H,25,26,27,32)/t20-/m1/s1. The van der Waals surface area contributed by atoms with Gasteiger partial charge in [-0.15, -0.1) is 0 Å². The van der Waals surface area contributed by atoms with Crippen molar-refractivity contribution in [1.29, 1.82) is 0 Å². The number of nitrogens with zero attached hydrogens (tertiary/aromatic N) is 4. The van der Waals surface area contributed by atoms with E-state index in [1.165, 1.54) is 7.05 Å². The number of nitrogens with one attached hydrogen (secondary N) is 1. The maximum absolute atomic E-state index is 12.3. The number of aliphatic hydroxyl groups is 1. The molecule has 2 aromatic carbocycles. The zero-order chi connectivity index (χ0) is 24.4. The lowest BCUT2D eigenvalue weighted by atomic mass is 10.0. The molecule has 1 saturated heterocycles. The van der Waals surface area contributed by atoms with E-state index in [2.05, 4.69) is 15.3 Å². The number of benzene rings is 2. The molecule has 1 aliphatic rings. The minimum atomic E-state index is -1.05. The first-order valence-corrected chi connectivity index (χ1v) is 10.5. The summed E-state index contributed by atoms with van der Waals surface area (Å²) in [5.74, 6) is 0.912. The van der Waals surface area contributed by atoms with Crippen molar-refractivity contribution in [2.75, 3.05) is 21.3 Å². The smallest absolute Gasteiger partial charge is 0.329 e. The fraction of sp³-hybridized carbons (Fsp3) is 0.250. The van der Waals surface area contributed by atoms with E-state index >= 15 is 0 Å². The first-order chi connectivity index (χ1) is 16.3. The van der Waals surface area contributed by atoms with Gasteiger partial charge in [-0.05, 0) is 35.4 Å². The van der Waals surface area contributed by atoms with Crippen molar-refractivity contribution in [2.24, 2.45) is 12.0 Å². The number of imide groups is 1. The molecule has 34 heavy (non-hydrogen) atoms. The van der Waals surface area contributed by atoms with E-state index in [9.17, 15) is 14.7 Å². The summed E-state index contributed by atoms with van der Waals surface area (Å²) in [6.07, 6.45) is -0.600. The number of carbonyl (C=O) groups is 2. The van der Waals surface area contributed by atoms with Gasteiger partial charge in [0.25, 0.3) is 5.91 Å². The van der Waals surface area contributed by atoms with Crippen LogP contribution in [0.4, 0.5) is 10.7 Å². The number of aliphatic hydroxyl groups excluding tert-OH is 1. The molecule has 10 nitrogen and oxygen atoms in total. The van der Waals surface area contributed by atoms with Gasteiger partial charge in [0.15, 0.2) is 0 Å². The molecular weight excluding hydrogens is 438 g/mol. The Morgan fingerprint density at radius 1 is 1.00 bits per heavy atom. The van der Waals surface area contributed by atoms with Crippen molar-refractivity contribution in [2.45, 2.75) is 12.5 Å². The lowest BCUT2D eigenvalue weighted by Crippen LogP contribution is -2.25. The summed E-state index contributed by atoms with van der Waals surface area (Å²) in [6, 6.07) is 14.0. The Morgan fingerprint density at radius 3 is 2.12 bits per heavy atom.